The van der Waals surface area contributed by atoms with Crippen molar-refractivity contribution >= 4 is 11.3 Å². The van der Waals surface area contributed by atoms with Crippen LogP contribution in [0.1, 0.15) is 44.5 Å². The Morgan fingerprint density at radius 2 is 2.06 bits per heavy atom. The molecule has 1 heterocycles. The van der Waals surface area contributed by atoms with Crippen molar-refractivity contribution in [2.75, 3.05) is 6.54 Å². The van der Waals surface area contributed by atoms with Gasteiger partial charge in [0, 0.05) is 30.6 Å². The van der Waals surface area contributed by atoms with Crippen LogP contribution in [-0.4, -0.2) is 22.2 Å². The number of rotatable bonds is 7. The summed E-state index contributed by atoms with van der Waals surface area (Å²) in [4.78, 5) is 5.66. The Labute approximate surface area is 115 Å². The molecule has 0 radical (unpaired) electrons. The molecular weight excluding hydrogens is 244 g/mol. The average molecular weight is 270 g/mol. The molecule has 0 aliphatic carbocycles. The zero-order chi connectivity index (χ0) is 13.8. The van der Waals surface area contributed by atoms with E-state index in [0.29, 0.717) is 12.5 Å². The third-order valence-electron chi connectivity index (χ3n) is 3.21. The van der Waals surface area contributed by atoms with E-state index < -0.39 is 5.60 Å². The van der Waals surface area contributed by atoms with Crippen LogP contribution in [0, 0.1) is 11.8 Å². The highest BCUT2D eigenvalue weighted by Gasteiger charge is 2.24. The van der Waals surface area contributed by atoms with Gasteiger partial charge in [-0.15, -0.1) is 11.3 Å². The first-order valence-corrected chi connectivity index (χ1v) is 7.49. The topological polar surface area (TPSA) is 45.2 Å². The highest BCUT2D eigenvalue weighted by atomic mass is 32.1. The van der Waals surface area contributed by atoms with Gasteiger partial charge in [-0.05, 0) is 18.8 Å². The molecule has 1 atom stereocenters. The number of thiazole rings is 1. The molecule has 0 saturated carbocycles. The van der Waals surface area contributed by atoms with Gasteiger partial charge in [0.15, 0.2) is 0 Å². The minimum Gasteiger partial charge on any atom is -0.389 e. The Morgan fingerprint density at radius 3 is 2.61 bits per heavy atom. The Bertz CT molecular complexity index is 358. The first-order valence-electron chi connectivity index (χ1n) is 6.68. The van der Waals surface area contributed by atoms with Crippen LogP contribution in [0.5, 0.6) is 0 Å². The molecule has 1 unspecified atom stereocenters. The summed E-state index contributed by atoms with van der Waals surface area (Å²) in [6.45, 7) is 11.8. The molecule has 18 heavy (non-hydrogen) atoms. The standard InChI is InChI=1S/C14H26N2OS/c1-10(2)6-13-16-8-12(18-13)7-15-9-14(5,17)11(3)4/h8,10-11,15,17H,6-7,9H2,1-5H3. The van der Waals surface area contributed by atoms with E-state index >= 15 is 0 Å². The maximum Gasteiger partial charge on any atom is 0.0930 e. The Hall–Kier alpha value is -0.450. The molecule has 0 spiro atoms. The third kappa shape index (κ3) is 5.04. The van der Waals surface area contributed by atoms with Crippen molar-refractivity contribution in [1.29, 1.82) is 0 Å². The second kappa shape index (κ2) is 6.64. The molecule has 3 nitrogen and oxygen atoms in total. The normalized spacial score (nSPS) is 15.3. The summed E-state index contributed by atoms with van der Waals surface area (Å²) < 4.78 is 0. The fourth-order valence-corrected chi connectivity index (χ4v) is 2.62. The zero-order valence-electron chi connectivity index (χ0n) is 12.2. The fraction of sp³-hybridized carbons (Fsp3) is 0.786. The van der Waals surface area contributed by atoms with E-state index in [1.54, 1.807) is 11.3 Å². The van der Waals surface area contributed by atoms with Crippen LogP contribution >= 0.6 is 11.3 Å². The molecule has 4 heteroatoms. The molecule has 1 rings (SSSR count). The van der Waals surface area contributed by atoms with Gasteiger partial charge in [0.25, 0.3) is 0 Å². The lowest BCUT2D eigenvalue weighted by Gasteiger charge is -2.27. The molecule has 104 valence electrons. The molecule has 2 N–H and O–H groups in total. The number of hydrogen-bond donors (Lipinski definition) is 2. The van der Waals surface area contributed by atoms with Crippen LogP contribution in [0.2, 0.25) is 0 Å². The number of nitrogens with zero attached hydrogens (tertiary/aromatic N) is 1. The SMILES string of the molecule is CC(C)Cc1ncc(CNCC(C)(O)C(C)C)s1. The van der Waals surface area contributed by atoms with Gasteiger partial charge in [0.2, 0.25) is 0 Å². The van der Waals surface area contributed by atoms with Gasteiger partial charge in [-0.1, -0.05) is 27.7 Å². The van der Waals surface area contributed by atoms with Crippen LogP contribution in [0.15, 0.2) is 6.20 Å². The number of aromatic nitrogens is 1. The van der Waals surface area contributed by atoms with Gasteiger partial charge in [0.05, 0.1) is 10.6 Å². The maximum absolute atomic E-state index is 10.1. The molecule has 0 aromatic carbocycles. The van der Waals surface area contributed by atoms with Crippen LogP contribution in [0.3, 0.4) is 0 Å². The van der Waals surface area contributed by atoms with Crippen LogP contribution in [0.4, 0.5) is 0 Å². The van der Waals surface area contributed by atoms with Crippen LogP contribution in [0.25, 0.3) is 0 Å². The first-order chi connectivity index (χ1) is 8.31. The maximum atomic E-state index is 10.1. The van der Waals surface area contributed by atoms with Crippen molar-refractivity contribution < 1.29 is 5.11 Å². The lowest BCUT2D eigenvalue weighted by atomic mass is 9.93. The zero-order valence-corrected chi connectivity index (χ0v) is 13.0. The van der Waals surface area contributed by atoms with E-state index in [1.165, 1.54) is 9.88 Å². The summed E-state index contributed by atoms with van der Waals surface area (Å²) in [6, 6.07) is 0. The van der Waals surface area contributed by atoms with E-state index in [0.717, 1.165) is 13.0 Å². The van der Waals surface area contributed by atoms with Crippen molar-refractivity contribution in [3.05, 3.63) is 16.1 Å². The van der Waals surface area contributed by atoms with Gasteiger partial charge in [-0.3, -0.25) is 0 Å². The molecule has 0 saturated heterocycles. The van der Waals surface area contributed by atoms with Gasteiger partial charge in [-0.2, -0.15) is 0 Å². The van der Waals surface area contributed by atoms with Crippen LogP contribution in [-0.2, 0) is 13.0 Å². The Morgan fingerprint density at radius 1 is 1.39 bits per heavy atom. The lowest BCUT2D eigenvalue weighted by Crippen LogP contribution is -2.41. The van der Waals surface area contributed by atoms with Gasteiger partial charge in [0.1, 0.15) is 0 Å². The van der Waals surface area contributed by atoms with Gasteiger partial charge >= 0.3 is 0 Å². The number of hydrogen-bond acceptors (Lipinski definition) is 4. The predicted molar refractivity (Wildman–Crippen MR) is 77.8 cm³/mol. The number of nitrogens with one attached hydrogen (secondary N) is 1. The lowest BCUT2D eigenvalue weighted by molar-refractivity contribution is 0.0140. The van der Waals surface area contributed by atoms with E-state index in [-0.39, 0.29) is 5.92 Å². The molecule has 1 aromatic heterocycles. The first kappa shape index (κ1) is 15.6. The molecule has 0 aliphatic rings. The Kier molecular flexibility index (Phi) is 5.76. The van der Waals surface area contributed by atoms with Crippen molar-refractivity contribution in [3.8, 4) is 0 Å². The van der Waals surface area contributed by atoms with E-state index in [2.05, 4.69) is 24.1 Å². The molecule has 1 aromatic rings. The van der Waals surface area contributed by atoms with E-state index in [4.69, 9.17) is 0 Å². The highest BCUT2D eigenvalue weighted by Crippen LogP contribution is 2.18. The summed E-state index contributed by atoms with van der Waals surface area (Å²) in [5.74, 6) is 0.904. The second-order valence-electron chi connectivity index (χ2n) is 5.93. The summed E-state index contributed by atoms with van der Waals surface area (Å²) in [6.07, 6.45) is 2.99. The quantitative estimate of drug-likeness (QED) is 0.801. The molecule has 0 bridgehead atoms. The monoisotopic (exact) mass is 270 g/mol. The smallest absolute Gasteiger partial charge is 0.0930 e. The van der Waals surface area contributed by atoms with E-state index in [1.807, 2.05) is 27.0 Å². The van der Waals surface area contributed by atoms with E-state index in [9.17, 15) is 5.11 Å². The third-order valence-corrected chi connectivity index (χ3v) is 4.23. The Balaban J connectivity index is 2.38. The fourth-order valence-electron chi connectivity index (χ4n) is 1.52. The summed E-state index contributed by atoms with van der Waals surface area (Å²) >= 11 is 1.76. The molecule has 0 aliphatic heterocycles. The van der Waals surface area contributed by atoms with Crippen molar-refractivity contribution in [2.24, 2.45) is 11.8 Å². The minimum absolute atomic E-state index is 0.253. The highest BCUT2D eigenvalue weighted by molar-refractivity contribution is 7.11. The van der Waals surface area contributed by atoms with Gasteiger partial charge < -0.3 is 10.4 Å². The van der Waals surface area contributed by atoms with Crippen LogP contribution < -0.4 is 5.32 Å². The number of aliphatic hydroxyl groups is 1. The predicted octanol–water partition coefficient (Wildman–Crippen LogP) is 2.84. The minimum atomic E-state index is -0.647. The second-order valence-corrected chi connectivity index (χ2v) is 7.13. The largest absolute Gasteiger partial charge is 0.389 e. The summed E-state index contributed by atoms with van der Waals surface area (Å²) in [5.41, 5.74) is -0.647. The van der Waals surface area contributed by atoms with Gasteiger partial charge in [-0.25, -0.2) is 4.98 Å². The average Bonchev–Trinajstić information content (AvgIpc) is 2.64. The van der Waals surface area contributed by atoms with Crippen molar-refractivity contribution in [3.63, 3.8) is 0 Å². The molecular formula is C14H26N2OS. The van der Waals surface area contributed by atoms with Crippen molar-refractivity contribution in [1.82, 2.24) is 10.3 Å². The van der Waals surface area contributed by atoms with Crippen molar-refractivity contribution in [2.45, 2.75) is 53.2 Å². The summed E-state index contributed by atoms with van der Waals surface area (Å²) in [7, 11) is 0. The summed E-state index contributed by atoms with van der Waals surface area (Å²) in [5, 5.41) is 14.6. The molecule has 0 fully saturated rings. The molecule has 0 amide bonds.